The topological polar surface area (TPSA) is 78.9 Å². The first-order valence-corrected chi connectivity index (χ1v) is 7.35. The quantitative estimate of drug-likeness (QED) is 0.816. The minimum atomic E-state index is -0.847. The molecule has 0 fully saturated rings. The van der Waals surface area contributed by atoms with E-state index < -0.39 is 11.2 Å². The van der Waals surface area contributed by atoms with Gasteiger partial charge in [-0.2, -0.15) is 0 Å². The van der Waals surface area contributed by atoms with Crippen molar-refractivity contribution in [3.8, 4) is 11.4 Å². The maximum absolute atomic E-state index is 11.0. The van der Waals surface area contributed by atoms with E-state index in [0.29, 0.717) is 17.4 Å². The molecular formula is C12H12BrN3O2S. The van der Waals surface area contributed by atoms with E-state index in [1.165, 1.54) is 0 Å². The molecule has 0 amide bonds. The number of H-pyrrole nitrogens is 1. The molecular weight excluding hydrogens is 330 g/mol. The summed E-state index contributed by atoms with van der Waals surface area (Å²) in [6.07, 6.45) is 0.527. The van der Waals surface area contributed by atoms with Crippen molar-refractivity contribution in [3.63, 3.8) is 0 Å². The minimum absolute atomic E-state index is 0.444. The van der Waals surface area contributed by atoms with Crippen molar-refractivity contribution in [2.24, 2.45) is 0 Å². The third-order valence-corrected chi connectivity index (χ3v) is 4.39. The van der Waals surface area contributed by atoms with Crippen molar-refractivity contribution in [3.05, 3.63) is 28.7 Å². The molecule has 0 radical (unpaired) electrons. The second-order valence-electron chi connectivity index (χ2n) is 3.80. The van der Waals surface area contributed by atoms with Gasteiger partial charge in [0, 0.05) is 10.0 Å². The summed E-state index contributed by atoms with van der Waals surface area (Å²) in [6, 6.07) is 7.64. The van der Waals surface area contributed by atoms with Crippen molar-refractivity contribution in [2.75, 3.05) is 0 Å². The number of hydrogen-bond donors (Lipinski definition) is 2. The van der Waals surface area contributed by atoms with E-state index in [1.807, 2.05) is 31.2 Å². The molecule has 0 aliphatic rings. The van der Waals surface area contributed by atoms with E-state index in [4.69, 9.17) is 5.11 Å². The fourth-order valence-corrected chi connectivity index (χ4v) is 2.75. The van der Waals surface area contributed by atoms with E-state index in [-0.39, 0.29) is 0 Å². The molecule has 100 valence electrons. The van der Waals surface area contributed by atoms with Crippen LogP contribution in [0.5, 0.6) is 0 Å². The monoisotopic (exact) mass is 341 g/mol. The van der Waals surface area contributed by atoms with Crippen LogP contribution in [0.4, 0.5) is 0 Å². The zero-order valence-electron chi connectivity index (χ0n) is 10.1. The summed E-state index contributed by atoms with van der Waals surface area (Å²) in [7, 11) is 0. The first-order valence-electron chi connectivity index (χ1n) is 5.68. The molecule has 2 rings (SSSR count). The summed E-state index contributed by atoms with van der Waals surface area (Å²) < 4.78 is 0.910. The highest BCUT2D eigenvalue weighted by atomic mass is 79.9. The molecule has 0 spiro atoms. The number of nitrogens with zero attached hydrogens (tertiary/aromatic N) is 2. The van der Waals surface area contributed by atoms with Crippen LogP contribution in [0.15, 0.2) is 33.9 Å². The van der Waals surface area contributed by atoms with Crippen molar-refractivity contribution in [1.29, 1.82) is 0 Å². The van der Waals surface area contributed by atoms with E-state index in [9.17, 15) is 4.79 Å². The van der Waals surface area contributed by atoms with Crippen molar-refractivity contribution >= 4 is 33.7 Å². The molecule has 0 bridgehead atoms. The van der Waals surface area contributed by atoms with Crippen LogP contribution in [0.25, 0.3) is 11.4 Å². The van der Waals surface area contributed by atoms with Crippen LogP contribution in [0, 0.1) is 0 Å². The molecule has 2 aromatic rings. The van der Waals surface area contributed by atoms with Crippen LogP contribution >= 0.6 is 27.7 Å². The largest absolute Gasteiger partial charge is 0.480 e. The van der Waals surface area contributed by atoms with Gasteiger partial charge in [0.25, 0.3) is 0 Å². The minimum Gasteiger partial charge on any atom is -0.480 e. The summed E-state index contributed by atoms with van der Waals surface area (Å²) in [5.41, 5.74) is 0.894. The number of halogens is 1. The average Bonchev–Trinajstić information content (AvgIpc) is 2.84. The predicted octanol–water partition coefficient (Wildman–Crippen LogP) is 3.19. The number of aliphatic carboxylic acids is 1. The van der Waals surface area contributed by atoms with Gasteiger partial charge < -0.3 is 5.11 Å². The van der Waals surface area contributed by atoms with Gasteiger partial charge in [0.1, 0.15) is 5.25 Å². The maximum atomic E-state index is 11.0. The fourth-order valence-electron chi connectivity index (χ4n) is 1.51. The van der Waals surface area contributed by atoms with Crippen LogP contribution in [-0.4, -0.2) is 31.5 Å². The van der Waals surface area contributed by atoms with E-state index in [0.717, 1.165) is 21.8 Å². The number of carboxylic acid groups (broad SMARTS) is 1. The van der Waals surface area contributed by atoms with Gasteiger partial charge in [0.15, 0.2) is 5.82 Å². The summed E-state index contributed by atoms with van der Waals surface area (Å²) in [5, 5.41) is 15.8. The number of nitrogens with one attached hydrogen (secondary N) is 1. The lowest BCUT2D eigenvalue weighted by Gasteiger charge is -2.04. The lowest BCUT2D eigenvalue weighted by atomic mass is 10.2. The Bertz CT molecular complexity index is 588. The van der Waals surface area contributed by atoms with E-state index in [2.05, 4.69) is 31.1 Å². The summed E-state index contributed by atoms with van der Waals surface area (Å²) in [4.78, 5) is 15.3. The number of rotatable bonds is 5. The Kier molecular flexibility index (Phi) is 4.60. The Balaban J connectivity index is 2.20. The molecule has 1 heterocycles. The summed E-state index contributed by atoms with van der Waals surface area (Å²) in [6.45, 7) is 1.83. The Morgan fingerprint density at radius 2 is 2.26 bits per heavy atom. The third kappa shape index (κ3) is 3.36. The molecule has 19 heavy (non-hydrogen) atoms. The van der Waals surface area contributed by atoms with Crippen LogP contribution in [-0.2, 0) is 4.79 Å². The average molecular weight is 342 g/mol. The van der Waals surface area contributed by atoms with Gasteiger partial charge in [-0.3, -0.25) is 9.89 Å². The second kappa shape index (κ2) is 6.21. The van der Waals surface area contributed by atoms with Crippen LogP contribution in [0.2, 0.25) is 0 Å². The standard InChI is InChI=1S/C12H12BrN3O2S/c1-2-9(11(17)18)19-12-14-10(15-16-12)7-5-3-4-6-8(7)13/h3-6,9H,2H2,1H3,(H,17,18)(H,14,15,16)/t9-/m1/s1. The van der Waals surface area contributed by atoms with Gasteiger partial charge in [-0.25, -0.2) is 4.98 Å². The summed E-state index contributed by atoms with van der Waals surface area (Å²) >= 11 is 4.59. The molecule has 0 aliphatic heterocycles. The zero-order valence-corrected chi connectivity index (χ0v) is 12.5. The lowest BCUT2D eigenvalue weighted by Crippen LogP contribution is -2.14. The van der Waals surface area contributed by atoms with Gasteiger partial charge >= 0.3 is 5.97 Å². The number of benzene rings is 1. The van der Waals surface area contributed by atoms with Gasteiger partial charge in [0.05, 0.1) is 0 Å². The first-order chi connectivity index (χ1) is 9.11. The number of thioether (sulfide) groups is 1. The zero-order chi connectivity index (χ0) is 13.8. The second-order valence-corrected chi connectivity index (χ2v) is 5.82. The molecule has 1 aromatic carbocycles. The van der Waals surface area contributed by atoms with Gasteiger partial charge in [0.2, 0.25) is 5.16 Å². The van der Waals surface area contributed by atoms with Crippen LogP contribution < -0.4 is 0 Å². The number of aromatic nitrogens is 3. The molecule has 7 heteroatoms. The van der Waals surface area contributed by atoms with Gasteiger partial charge in [-0.05, 0) is 12.5 Å². The lowest BCUT2D eigenvalue weighted by molar-refractivity contribution is -0.136. The number of carbonyl (C=O) groups is 1. The third-order valence-electron chi connectivity index (χ3n) is 2.49. The highest BCUT2D eigenvalue weighted by molar-refractivity contribution is 9.10. The molecule has 0 saturated heterocycles. The Morgan fingerprint density at radius 1 is 1.53 bits per heavy atom. The SMILES string of the molecule is CC[C@@H](Sc1n[nH]c(-c2ccccc2Br)n1)C(=O)O. The number of aromatic amines is 1. The van der Waals surface area contributed by atoms with Crippen LogP contribution in [0.3, 0.4) is 0 Å². The molecule has 0 aliphatic carbocycles. The summed E-state index contributed by atoms with van der Waals surface area (Å²) in [5.74, 6) is -0.227. The normalized spacial score (nSPS) is 12.3. The molecule has 1 aromatic heterocycles. The van der Waals surface area contributed by atoms with Crippen LogP contribution in [0.1, 0.15) is 13.3 Å². The van der Waals surface area contributed by atoms with Crippen molar-refractivity contribution < 1.29 is 9.90 Å². The van der Waals surface area contributed by atoms with Gasteiger partial charge in [-0.1, -0.05) is 52.8 Å². The van der Waals surface area contributed by atoms with Gasteiger partial charge in [-0.15, -0.1) is 5.10 Å². The fraction of sp³-hybridized carbons (Fsp3) is 0.250. The Hall–Kier alpha value is -1.34. The molecule has 1 atom stereocenters. The van der Waals surface area contributed by atoms with E-state index in [1.54, 1.807) is 0 Å². The van der Waals surface area contributed by atoms with E-state index >= 15 is 0 Å². The Labute approximate surface area is 123 Å². The Morgan fingerprint density at radius 3 is 2.89 bits per heavy atom. The molecule has 0 unspecified atom stereocenters. The highest BCUT2D eigenvalue weighted by Gasteiger charge is 2.19. The van der Waals surface area contributed by atoms with Crippen molar-refractivity contribution in [2.45, 2.75) is 23.8 Å². The maximum Gasteiger partial charge on any atom is 0.317 e. The van der Waals surface area contributed by atoms with Crippen molar-refractivity contribution in [1.82, 2.24) is 15.2 Å². The number of carboxylic acids is 1. The predicted molar refractivity (Wildman–Crippen MR) is 77.1 cm³/mol. The first kappa shape index (κ1) is 14.1. The smallest absolute Gasteiger partial charge is 0.317 e. The number of hydrogen-bond acceptors (Lipinski definition) is 4. The molecule has 2 N–H and O–H groups in total. The highest BCUT2D eigenvalue weighted by Crippen LogP contribution is 2.28. The molecule has 0 saturated carbocycles. The molecule has 5 nitrogen and oxygen atoms in total.